The molecule has 1 heterocycles. The molecule has 2 atom stereocenters. The van der Waals surface area contributed by atoms with Gasteiger partial charge in [-0.1, -0.05) is 72.8 Å². The predicted octanol–water partition coefficient (Wildman–Crippen LogP) is 4.45. The average Bonchev–Trinajstić information content (AvgIpc) is 3.09. The molecule has 0 amide bonds. The van der Waals surface area contributed by atoms with Gasteiger partial charge >= 0.3 is 5.97 Å². The summed E-state index contributed by atoms with van der Waals surface area (Å²) in [7, 11) is 0. The van der Waals surface area contributed by atoms with Crippen molar-refractivity contribution >= 4 is 5.97 Å². The highest BCUT2D eigenvalue weighted by Crippen LogP contribution is 2.29. The molecule has 0 N–H and O–H groups in total. The number of rotatable bonds is 6. The summed E-state index contributed by atoms with van der Waals surface area (Å²) in [6.45, 7) is 0.525. The van der Waals surface area contributed by atoms with Gasteiger partial charge in [-0.15, -0.1) is 0 Å². The van der Waals surface area contributed by atoms with Gasteiger partial charge in [-0.3, -0.25) is 0 Å². The smallest absolute Gasteiger partial charge is 0.338 e. The lowest BCUT2D eigenvalue weighted by molar-refractivity contribution is -0.144. The summed E-state index contributed by atoms with van der Waals surface area (Å²) in [4.78, 5) is 12.1. The lowest BCUT2D eigenvalue weighted by atomic mass is 10.1. The Bertz CT molecular complexity index is 875. The van der Waals surface area contributed by atoms with Gasteiger partial charge in [0.05, 0.1) is 0 Å². The molecule has 136 valence electrons. The second-order valence-corrected chi connectivity index (χ2v) is 6.43. The van der Waals surface area contributed by atoms with E-state index >= 15 is 0 Å². The number of benzene rings is 3. The number of hydrogen-bond donors (Lipinski definition) is 0. The fourth-order valence-corrected chi connectivity index (χ4v) is 2.98. The van der Waals surface area contributed by atoms with Crippen LogP contribution < -0.4 is 4.74 Å². The second-order valence-electron chi connectivity index (χ2n) is 6.43. The molecule has 1 fully saturated rings. The second kappa shape index (κ2) is 8.06. The standard InChI is InChI=1S/C23H20O4/c24-22-21(26-23(27-22)19-9-5-2-6-10-19)15-17-11-13-20(14-12-17)25-16-18-7-3-1-4-8-18/h1-14,21,23H,15-16H2/t21-,23-/m0/s1. The van der Waals surface area contributed by atoms with Crippen LogP contribution in [-0.4, -0.2) is 12.1 Å². The number of carbonyl (C=O) groups excluding carboxylic acids is 1. The van der Waals surface area contributed by atoms with Crippen LogP contribution in [0.2, 0.25) is 0 Å². The number of ether oxygens (including phenoxy) is 3. The molecular formula is C23H20O4. The van der Waals surface area contributed by atoms with E-state index < -0.39 is 12.4 Å². The maximum atomic E-state index is 12.1. The van der Waals surface area contributed by atoms with Crippen molar-refractivity contribution < 1.29 is 19.0 Å². The molecule has 4 nitrogen and oxygen atoms in total. The van der Waals surface area contributed by atoms with Gasteiger partial charge in [-0.2, -0.15) is 0 Å². The minimum atomic E-state index is -0.628. The summed E-state index contributed by atoms with van der Waals surface area (Å²) >= 11 is 0. The molecule has 4 rings (SSSR count). The van der Waals surface area contributed by atoms with Gasteiger partial charge < -0.3 is 14.2 Å². The molecule has 3 aromatic rings. The zero-order valence-electron chi connectivity index (χ0n) is 14.8. The van der Waals surface area contributed by atoms with Crippen molar-refractivity contribution in [2.45, 2.75) is 25.4 Å². The van der Waals surface area contributed by atoms with E-state index in [2.05, 4.69) is 0 Å². The Kier molecular flexibility index (Phi) is 5.17. The number of carbonyl (C=O) groups is 1. The third-order valence-corrected chi connectivity index (χ3v) is 4.44. The lowest BCUT2D eigenvalue weighted by Gasteiger charge is -2.10. The van der Waals surface area contributed by atoms with Gasteiger partial charge in [0.15, 0.2) is 6.10 Å². The quantitative estimate of drug-likeness (QED) is 0.609. The van der Waals surface area contributed by atoms with Crippen LogP contribution in [0.3, 0.4) is 0 Å². The monoisotopic (exact) mass is 360 g/mol. The fraction of sp³-hybridized carbons (Fsp3) is 0.174. The van der Waals surface area contributed by atoms with Crippen LogP contribution in [-0.2, 0) is 27.3 Å². The van der Waals surface area contributed by atoms with E-state index in [4.69, 9.17) is 14.2 Å². The molecule has 0 aliphatic carbocycles. The highest BCUT2D eigenvalue weighted by atomic mass is 16.8. The van der Waals surface area contributed by atoms with E-state index in [0.717, 1.165) is 22.4 Å². The lowest BCUT2D eigenvalue weighted by Crippen LogP contribution is -2.18. The van der Waals surface area contributed by atoms with Gasteiger partial charge in [0.2, 0.25) is 6.29 Å². The average molecular weight is 360 g/mol. The number of esters is 1. The molecule has 1 aliphatic rings. The molecule has 0 aromatic heterocycles. The van der Waals surface area contributed by atoms with Gasteiger partial charge in [0, 0.05) is 12.0 Å². The first-order chi connectivity index (χ1) is 13.3. The van der Waals surface area contributed by atoms with E-state index in [-0.39, 0.29) is 5.97 Å². The SMILES string of the molecule is O=C1O[C@@H](c2ccccc2)O[C@H]1Cc1ccc(OCc2ccccc2)cc1. The molecule has 0 spiro atoms. The summed E-state index contributed by atoms with van der Waals surface area (Å²) in [6.07, 6.45) is -0.746. The molecule has 0 radical (unpaired) electrons. The molecular weight excluding hydrogens is 340 g/mol. The maximum absolute atomic E-state index is 12.1. The van der Waals surface area contributed by atoms with E-state index in [0.29, 0.717) is 13.0 Å². The normalized spacial score (nSPS) is 18.9. The molecule has 3 aromatic carbocycles. The molecule has 27 heavy (non-hydrogen) atoms. The summed E-state index contributed by atoms with van der Waals surface area (Å²) in [6, 6.07) is 27.2. The Morgan fingerprint density at radius 2 is 1.44 bits per heavy atom. The number of cyclic esters (lactones) is 1. The third-order valence-electron chi connectivity index (χ3n) is 4.44. The fourth-order valence-electron chi connectivity index (χ4n) is 2.98. The summed E-state index contributed by atoms with van der Waals surface area (Å²) in [5.74, 6) is 0.466. The Morgan fingerprint density at radius 1 is 0.778 bits per heavy atom. The van der Waals surface area contributed by atoms with Crippen LogP contribution in [0, 0.1) is 0 Å². The van der Waals surface area contributed by atoms with E-state index in [1.807, 2.05) is 84.9 Å². The minimum absolute atomic E-state index is 0.326. The molecule has 0 bridgehead atoms. The molecule has 1 aliphatic heterocycles. The summed E-state index contributed by atoms with van der Waals surface area (Å²) in [5.41, 5.74) is 2.96. The van der Waals surface area contributed by atoms with Crippen molar-refractivity contribution in [3.8, 4) is 5.75 Å². The first-order valence-electron chi connectivity index (χ1n) is 8.94. The zero-order chi connectivity index (χ0) is 18.5. The van der Waals surface area contributed by atoms with Crippen LogP contribution in [0.5, 0.6) is 5.75 Å². The largest absolute Gasteiger partial charge is 0.489 e. The molecule has 1 saturated heterocycles. The van der Waals surface area contributed by atoms with Gasteiger partial charge in [-0.05, 0) is 23.3 Å². The third kappa shape index (κ3) is 4.36. The highest BCUT2D eigenvalue weighted by Gasteiger charge is 2.36. The van der Waals surface area contributed by atoms with Crippen LogP contribution in [0.4, 0.5) is 0 Å². The Morgan fingerprint density at radius 3 is 2.15 bits per heavy atom. The number of hydrogen-bond acceptors (Lipinski definition) is 4. The van der Waals surface area contributed by atoms with Crippen LogP contribution >= 0.6 is 0 Å². The van der Waals surface area contributed by atoms with Crippen LogP contribution in [0.15, 0.2) is 84.9 Å². The Hall–Kier alpha value is -3.11. The highest BCUT2D eigenvalue weighted by molar-refractivity contribution is 5.76. The van der Waals surface area contributed by atoms with Crippen molar-refractivity contribution in [1.82, 2.24) is 0 Å². The predicted molar refractivity (Wildman–Crippen MR) is 101 cm³/mol. The summed E-state index contributed by atoms with van der Waals surface area (Å²) in [5, 5.41) is 0. The van der Waals surface area contributed by atoms with Crippen molar-refractivity contribution in [1.29, 1.82) is 0 Å². The van der Waals surface area contributed by atoms with E-state index in [9.17, 15) is 4.79 Å². The first-order valence-corrected chi connectivity index (χ1v) is 8.94. The van der Waals surface area contributed by atoms with Crippen molar-refractivity contribution in [3.63, 3.8) is 0 Å². The molecule has 4 heteroatoms. The van der Waals surface area contributed by atoms with Gasteiger partial charge in [0.25, 0.3) is 0 Å². The zero-order valence-corrected chi connectivity index (χ0v) is 14.8. The van der Waals surface area contributed by atoms with Crippen molar-refractivity contribution in [2.24, 2.45) is 0 Å². The van der Waals surface area contributed by atoms with Crippen molar-refractivity contribution in [2.75, 3.05) is 0 Å². The van der Waals surface area contributed by atoms with Gasteiger partial charge in [-0.25, -0.2) is 4.79 Å². The van der Waals surface area contributed by atoms with Crippen LogP contribution in [0.1, 0.15) is 23.0 Å². The van der Waals surface area contributed by atoms with Crippen LogP contribution in [0.25, 0.3) is 0 Å². The minimum Gasteiger partial charge on any atom is -0.489 e. The van der Waals surface area contributed by atoms with E-state index in [1.54, 1.807) is 0 Å². The first kappa shape index (κ1) is 17.3. The Labute approximate surface area is 158 Å². The van der Waals surface area contributed by atoms with E-state index in [1.165, 1.54) is 0 Å². The topological polar surface area (TPSA) is 44.8 Å². The summed E-state index contributed by atoms with van der Waals surface area (Å²) < 4.78 is 16.9. The van der Waals surface area contributed by atoms with Crippen molar-refractivity contribution in [3.05, 3.63) is 102 Å². The molecule has 0 unspecified atom stereocenters. The maximum Gasteiger partial charge on any atom is 0.338 e. The van der Waals surface area contributed by atoms with Gasteiger partial charge in [0.1, 0.15) is 12.4 Å². The Balaban J connectivity index is 1.34. The molecule has 0 saturated carbocycles.